The molecule has 2 atom stereocenters. The van der Waals surface area contributed by atoms with Crippen LogP contribution in [0.4, 0.5) is 4.79 Å². The molecule has 0 radical (unpaired) electrons. The molecule has 0 N–H and O–H groups in total. The Kier molecular flexibility index (Phi) is 15.5. The van der Waals surface area contributed by atoms with Crippen LogP contribution in [-0.4, -0.2) is 52.2 Å². The first-order chi connectivity index (χ1) is 18.0. The van der Waals surface area contributed by atoms with Gasteiger partial charge in [-0.2, -0.15) is 0 Å². The lowest BCUT2D eigenvalue weighted by molar-refractivity contribution is -0.156. The van der Waals surface area contributed by atoms with Crippen molar-refractivity contribution in [2.45, 2.75) is 118 Å². The van der Waals surface area contributed by atoms with Gasteiger partial charge in [-0.05, 0) is 33.6 Å². The normalized spacial score (nSPS) is 13.0. The Bertz CT molecular complexity index is 873. The van der Waals surface area contributed by atoms with Crippen LogP contribution in [-0.2, 0) is 35.0 Å². The average molecular weight is 537 g/mol. The predicted molar refractivity (Wildman–Crippen MR) is 145 cm³/mol. The molecule has 0 aliphatic rings. The maximum absolute atomic E-state index is 13.1. The van der Waals surface area contributed by atoms with Crippen molar-refractivity contribution in [2.75, 3.05) is 13.2 Å². The predicted octanol–water partition coefficient (Wildman–Crippen LogP) is 6.06. The van der Waals surface area contributed by atoms with Crippen molar-refractivity contribution in [3.63, 3.8) is 0 Å². The molecule has 216 valence electrons. The molecule has 9 heteroatoms. The van der Waals surface area contributed by atoms with Crippen LogP contribution in [0.1, 0.15) is 112 Å². The number of esters is 2. The van der Waals surface area contributed by atoms with Crippen LogP contribution in [0.5, 0.6) is 0 Å². The molecular weight excluding hydrogens is 488 g/mol. The zero-order chi connectivity index (χ0) is 28.6. The molecule has 0 fully saturated rings. The smallest absolute Gasteiger partial charge is 0.419 e. The minimum atomic E-state index is -0.912. The van der Waals surface area contributed by atoms with Crippen LogP contribution in [0.2, 0.25) is 0 Å². The zero-order valence-electron chi connectivity index (χ0n) is 24.3. The number of imidazole rings is 1. The molecule has 0 spiro atoms. The highest BCUT2D eigenvalue weighted by atomic mass is 16.6. The number of carbonyl (C=O) groups is 4. The van der Waals surface area contributed by atoms with E-state index in [4.69, 9.17) is 14.2 Å². The van der Waals surface area contributed by atoms with E-state index < -0.39 is 35.5 Å². The summed E-state index contributed by atoms with van der Waals surface area (Å²) in [4.78, 5) is 55.1. The van der Waals surface area contributed by atoms with Crippen molar-refractivity contribution >= 4 is 23.8 Å². The largest absolute Gasteiger partial charge is 0.466 e. The SMILES string of the molecule is CCCCCCOC(=O)C[C@@H](CC(=O)[C@@H](C)Cc1nccn1C(=O)OC(C)(C)C)C(=O)OCCCCCC. The molecule has 0 saturated carbocycles. The Morgan fingerprint density at radius 1 is 0.895 bits per heavy atom. The van der Waals surface area contributed by atoms with Crippen LogP contribution in [0, 0.1) is 11.8 Å². The van der Waals surface area contributed by atoms with Gasteiger partial charge in [0.15, 0.2) is 0 Å². The maximum Gasteiger partial charge on any atom is 0.419 e. The molecule has 0 saturated heterocycles. The Labute approximate surface area is 228 Å². The monoisotopic (exact) mass is 536 g/mol. The Morgan fingerprint density at radius 3 is 2.08 bits per heavy atom. The number of nitrogens with zero attached hydrogens (tertiary/aromatic N) is 2. The van der Waals surface area contributed by atoms with Crippen LogP contribution in [0.15, 0.2) is 12.4 Å². The molecule has 0 aromatic carbocycles. The Morgan fingerprint density at radius 2 is 1.50 bits per heavy atom. The molecule has 0 unspecified atom stereocenters. The van der Waals surface area contributed by atoms with Gasteiger partial charge in [-0.1, -0.05) is 59.3 Å². The summed E-state index contributed by atoms with van der Waals surface area (Å²) in [6.07, 6.45) is 9.96. The van der Waals surface area contributed by atoms with Gasteiger partial charge in [0.05, 0.1) is 25.6 Å². The van der Waals surface area contributed by atoms with Gasteiger partial charge in [0.1, 0.15) is 17.2 Å². The van der Waals surface area contributed by atoms with Crippen LogP contribution >= 0.6 is 0 Å². The number of aromatic nitrogens is 2. The number of carbonyl (C=O) groups excluding carboxylic acids is 4. The third-order valence-corrected chi connectivity index (χ3v) is 6.04. The molecule has 38 heavy (non-hydrogen) atoms. The van der Waals surface area contributed by atoms with E-state index in [1.807, 2.05) is 0 Å². The van der Waals surface area contributed by atoms with Gasteiger partial charge in [-0.3, -0.25) is 14.4 Å². The van der Waals surface area contributed by atoms with E-state index in [1.54, 1.807) is 27.7 Å². The van der Waals surface area contributed by atoms with Gasteiger partial charge >= 0.3 is 18.0 Å². The van der Waals surface area contributed by atoms with Gasteiger partial charge < -0.3 is 14.2 Å². The molecule has 9 nitrogen and oxygen atoms in total. The van der Waals surface area contributed by atoms with Crippen molar-refractivity contribution in [1.82, 2.24) is 9.55 Å². The summed E-state index contributed by atoms with van der Waals surface area (Å²) in [6, 6.07) is 0. The number of Topliss-reactive ketones (excluding diaryl/α,β-unsaturated/α-hetero) is 1. The molecule has 1 heterocycles. The first kappa shape index (κ1) is 33.3. The topological polar surface area (TPSA) is 114 Å². The number of unbranched alkanes of at least 4 members (excludes halogenated alkanes) is 6. The first-order valence-electron chi connectivity index (χ1n) is 14.1. The Hall–Kier alpha value is -2.71. The number of rotatable bonds is 18. The zero-order valence-corrected chi connectivity index (χ0v) is 24.3. The van der Waals surface area contributed by atoms with Crippen LogP contribution in [0.3, 0.4) is 0 Å². The van der Waals surface area contributed by atoms with E-state index in [1.165, 1.54) is 17.0 Å². The van der Waals surface area contributed by atoms with E-state index in [9.17, 15) is 19.2 Å². The van der Waals surface area contributed by atoms with E-state index in [-0.39, 0.29) is 31.7 Å². The van der Waals surface area contributed by atoms with Crippen molar-refractivity contribution < 1.29 is 33.4 Å². The minimum absolute atomic E-state index is 0.146. The quantitative estimate of drug-likeness (QED) is 0.126. The van der Waals surface area contributed by atoms with Crippen molar-refractivity contribution in [2.24, 2.45) is 11.8 Å². The van der Waals surface area contributed by atoms with Gasteiger partial charge in [0, 0.05) is 31.2 Å². The summed E-state index contributed by atoms with van der Waals surface area (Å²) < 4.78 is 17.4. The molecule has 1 aromatic rings. The highest BCUT2D eigenvalue weighted by Crippen LogP contribution is 2.20. The molecule has 0 aliphatic carbocycles. The fourth-order valence-corrected chi connectivity index (χ4v) is 3.83. The fourth-order valence-electron chi connectivity index (χ4n) is 3.83. The minimum Gasteiger partial charge on any atom is -0.466 e. The number of hydrogen-bond acceptors (Lipinski definition) is 8. The second kappa shape index (κ2) is 17.7. The van der Waals surface area contributed by atoms with Gasteiger partial charge in [0.2, 0.25) is 0 Å². The summed E-state index contributed by atoms with van der Waals surface area (Å²) in [5.74, 6) is -2.34. The lowest BCUT2D eigenvalue weighted by Gasteiger charge is -2.20. The average Bonchev–Trinajstić information content (AvgIpc) is 3.30. The van der Waals surface area contributed by atoms with Crippen molar-refractivity contribution in [1.29, 1.82) is 0 Å². The molecular formula is C29H48N2O7. The Balaban J connectivity index is 2.79. The molecule has 0 aliphatic heterocycles. The van der Waals surface area contributed by atoms with E-state index in [0.717, 1.165) is 51.4 Å². The van der Waals surface area contributed by atoms with Gasteiger partial charge in [0.25, 0.3) is 0 Å². The maximum atomic E-state index is 13.1. The standard InChI is InChI=1S/C29H48N2O7/c1-7-9-11-13-17-36-26(33)21-23(27(34)37-18-14-12-10-8-2)20-24(32)22(3)19-25-30-15-16-31(25)28(35)38-29(4,5)6/h15-16,22-23H,7-14,17-21H2,1-6H3/t22-,23+/m0/s1. The van der Waals surface area contributed by atoms with E-state index in [0.29, 0.717) is 12.4 Å². The summed E-state index contributed by atoms with van der Waals surface area (Å²) in [5.41, 5.74) is -0.672. The van der Waals surface area contributed by atoms with E-state index >= 15 is 0 Å². The van der Waals surface area contributed by atoms with Gasteiger partial charge in [-0.15, -0.1) is 0 Å². The summed E-state index contributed by atoms with van der Waals surface area (Å²) >= 11 is 0. The van der Waals surface area contributed by atoms with Crippen LogP contribution in [0.25, 0.3) is 0 Å². The van der Waals surface area contributed by atoms with Crippen molar-refractivity contribution in [3.8, 4) is 0 Å². The third-order valence-electron chi connectivity index (χ3n) is 6.04. The fraction of sp³-hybridized carbons (Fsp3) is 0.759. The highest BCUT2D eigenvalue weighted by Gasteiger charge is 2.30. The molecule has 0 amide bonds. The first-order valence-corrected chi connectivity index (χ1v) is 14.1. The summed E-state index contributed by atoms with van der Waals surface area (Å²) in [5, 5.41) is 0. The second-order valence-electron chi connectivity index (χ2n) is 10.9. The van der Waals surface area contributed by atoms with E-state index in [2.05, 4.69) is 18.8 Å². The lowest BCUT2D eigenvalue weighted by Crippen LogP contribution is -2.30. The van der Waals surface area contributed by atoms with Crippen molar-refractivity contribution in [3.05, 3.63) is 18.2 Å². The van der Waals surface area contributed by atoms with Gasteiger partial charge in [-0.25, -0.2) is 14.3 Å². The summed E-state index contributed by atoms with van der Waals surface area (Å²) in [6.45, 7) is 11.8. The number of hydrogen-bond donors (Lipinski definition) is 0. The molecule has 1 aromatic heterocycles. The van der Waals surface area contributed by atoms with Crippen LogP contribution < -0.4 is 0 Å². The second-order valence-corrected chi connectivity index (χ2v) is 10.9. The highest BCUT2D eigenvalue weighted by molar-refractivity contribution is 5.88. The number of ketones is 1. The molecule has 0 bridgehead atoms. The lowest BCUT2D eigenvalue weighted by atomic mass is 9.91. The number of ether oxygens (including phenoxy) is 3. The molecule has 1 rings (SSSR count). The third kappa shape index (κ3) is 13.7. The summed E-state index contributed by atoms with van der Waals surface area (Å²) in [7, 11) is 0.